The molecule has 1 fully saturated rings. The smallest absolute Gasteiger partial charge is 0.254 e. The fraction of sp³-hybridized carbons (Fsp3) is 0.357. The highest BCUT2D eigenvalue weighted by molar-refractivity contribution is 6.22. The standard InChI is InChI=1S/C14H13N3O2/c15-7-9-1-2-11-10(5-9)6-12(18)17(11)13(19)14(8-16)3-4-14/h1-2,5H,3-4,6-7,15H2. The fourth-order valence-corrected chi connectivity index (χ4v) is 2.44. The predicted molar refractivity (Wildman–Crippen MR) is 67.8 cm³/mol. The van der Waals surface area contributed by atoms with Crippen LogP contribution in [0.25, 0.3) is 0 Å². The molecule has 0 atom stereocenters. The van der Waals surface area contributed by atoms with Crippen molar-refractivity contribution in [2.45, 2.75) is 25.8 Å². The molecule has 2 aliphatic rings. The van der Waals surface area contributed by atoms with Gasteiger partial charge in [0.15, 0.2) is 0 Å². The van der Waals surface area contributed by atoms with Gasteiger partial charge in [-0.15, -0.1) is 0 Å². The van der Waals surface area contributed by atoms with Gasteiger partial charge in [-0.3, -0.25) is 9.59 Å². The Hall–Kier alpha value is -2.19. The monoisotopic (exact) mass is 255 g/mol. The highest BCUT2D eigenvalue weighted by Crippen LogP contribution is 2.48. The van der Waals surface area contributed by atoms with E-state index in [0.29, 0.717) is 25.1 Å². The molecular formula is C14H13N3O2. The maximum absolute atomic E-state index is 12.3. The van der Waals surface area contributed by atoms with Crippen molar-refractivity contribution in [1.82, 2.24) is 0 Å². The van der Waals surface area contributed by atoms with E-state index in [0.717, 1.165) is 11.1 Å². The number of nitriles is 1. The first kappa shape index (κ1) is 11.9. The predicted octanol–water partition coefficient (Wildman–Crippen LogP) is 0.865. The molecule has 2 N–H and O–H groups in total. The summed E-state index contributed by atoms with van der Waals surface area (Å²) >= 11 is 0. The van der Waals surface area contributed by atoms with Gasteiger partial charge in [0.1, 0.15) is 5.41 Å². The minimum atomic E-state index is -0.968. The molecule has 5 nitrogen and oxygen atoms in total. The van der Waals surface area contributed by atoms with E-state index in [4.69, 9.17) is 11.0 Å². The molecule has 96 valence electrons. The van der Waals surface area contributed by atoms with E-state index >= 15 is 0 Å². The van der Waals surface area contributed by atoms with Crippen molar-refractivity contribution in [3.8, 4) is 6.07 Å². The first-order valence-corrected chi connectivity index (χ1v) is 6.22. The zero-order chi connectivity index (χ0) is 13.6. The Morgan fingerprint density at radius 3 is 2.79 bits per heavy atom. The molecule has 1 aliphatic carbocycles. The number of nitrogens with two attached hydrogens (primary N) is 1. The molecule has 1 saturated carbocycles. The van der Waals surface area contributed by atoms with Gasteiger partial charge in [-0.2, -0.15) is 5.26 Å². The Balaban J connectivity index is 2.00. The molecule has 0 bridgehead atoms. The topological polar surface area (TPSA) is 87.2 Å². The molecule has 0 unspecified atom stereocenters. The van der Waals surface area contributed by atoms with E-state index in [-0.39, 0.29) is 18.2 Å². The third-order valence-electron chi connectivity index (χ3n) is 3.79. The summed E-state index contributed by atoms with van der Waals surface area (Å²) < 4.78 is 0. The van der Waals surface area contributed by atoms with Gasteiger partial charge in [0.05, 0.1) is 18.2 Å². The lowest BCUT2D eigenvalue weighted by molar-refractivity contribution is -0.127. The van der Waals surface area contributed by atoms with E-state index in [2.05, 4.69) is 0 Å². The fourth-order valence-electron chi connectivity index (χ4n) is 2.44. The van der Waals surface area contributed by atoms with Crippen LogP contribution in [0.2, 0.25) is 0 Å². The van der Waals surface area contributed by atoms with Crippen molar-refractivity contribution in [3.63, 3.8) is 0 Å². The van der Waals surface area contributed by atoms with Gasteiger partial charge in [0, 0.05) is 6.54 Å². The van der Waals surface area contributed by atoms with Crippen molar-refractivity contribution in [2.24, 2.45) is 11.1 Å². The molecule has 0 saturated heterocycles. The lowest BCUT2D eigenvalue weighted by atomic mass is 10.1. The lowest BCUT2D eigenvalue weighted by Crippen LogP contribution is -2.39. The van der Waals surface area contributed by atoms with E-state index in [1.807, 2.05) is 18.2 Å². The van der Waals surface area contributed by atoms with Gasteiger partial charge in [0.2, 0.25) is 5.91 Å². The van der Waals surface area contributed by atoms with E-state index < -0.39 is 5.41 Å². The van der Waals surface area contributed by atoms with Crippen LogP contribution in [0.5, 0.6) is 0 Å². The molecule has 19 heavy (non-hydrogen) atoms. The summed E-state index contributed by atoms with van der Waals surface area (Å²) in [5, 5.41) is 9.08. The van der Waals surface area contributed by atoms with Crippen LogP contribution in [-0.4, -0.2) is 11.8 Å². The van der Waals surface area contributed by atoms with Crippen molar-refractivity contribution < 1.29 is 9.59 Å². The average Bonchev–Trinajstić information content (AvgIpc) is 3.15. The van der Waals surface area contributed by atoms with Crippen molar-refractivity contribution in [3.05, 3.63) is 29.3 Å². The number of nitrogens with zero attached hydrogens (tertiary/aromatic N) is 2. The van der Waals surface area contributed by atoms with Crippen molar-refractivity contribution in [1.29, 1.82) is 5.26 Å². The molecule has 3 rings (SSSR count). The molecular weight excluding hydrogens is 242 g/mol. The molecule has 0 radical (unpaired) electrons. The molecule has 5 heteroatoms. The summed E-state index contributed by atoms with van der Waals surface area (Å²) in [4.78, 5) is 25.5. The molecule has 1 aromatic carbocycles. The first-order valence-electron chi connectivity index (χ1n) is 6.22. The van der Waals surface area contributed by atoms with Crippen LogP contribution < -0.4 is 10.6 Å². The van der Waals surface area contributed by atoms with Gasteiger partial charge < -0.3 is 5.73 Å². The molecule has 1 aromatic rings. The zero-order valence-corrected chi connectivity index (χ0v) is 10.3. The Bertz CT molecular complexity index is 626. The Morgan fingerprint density at radius 1 is 1.47 bits per heavy atom. The van der Waals surface area contributed by atoms with Gasteiger partial charge >= 0.3 is 0 Å². The number of rotatable bonds is 2. The van der Waals surface area contributed by atoms with E-state index in [9.17, 15) is 9.59 Å². The Morgan fingerprint density at radius 2 is 2.21 bits per heavy atom. The molecule has 0 aromatic heterocycles. The summed E-state index contributed by atoms with van der Waals surface area (Å²) in [5.74, 6) is -0.630. The minimum Gasteiger partial charge on any atom is -0.326 e. The first-order chi connectivity index (χ1) is 9.11. The lowest BCUT2D eigenvalue weighted by Gasteiger charge is -2.18. The average molecular weight is 255 g/mol. The normalized spacial score (nSPS) is 18.9. The van der Waals surface area contributed by atoms with Crippen LogP contribution in [0.1, 0.15) is 24.0 Å². The number of carbonyl (C=O) groups excluding carboxylic acids is 2. The van der Waals surface area contributed by atoms with E-state index in [1.165, 1.54) is 4.90 Å². The van der Waals surface area contributed by atoms with Crippen LogP contribution in [0, 0.1) is 16.7 Å². The van der Waals surface area contributed by atoms with Crippen LogP contribution >= 0.6 is 0 Å². The maximum atomic E-state index is 12.3. The quantitative estimate of drug-likeness (QED) is 0.794. The van der Waals surface area contributed by atoms with Crippen molar-refractivity contribution >= 4 is 17.5 Å². The SMILES string of the molecule is N#CC1(C(=O)N2C(=O)Cc3cc(CN)ccc32)CC1. The number of amides is 2. The van der Waals surface area contributed by atoms with Crippen LogP contribution in [0.4, 0.5) is 5.69 Å². The molecule has 1 aliphatic heterocycles. The summed E-state index contributed by atoms with van der Waals surface area (Å²) in [6.45, 7) is 0.400. The van der Waals surface area contributed by atoms with Crippen LogP contribution in [0.15, 0.2) is 18.2 Å². The number of hydrogen-bond acceptors (Lipinski definition) is 4. The maximum Gasteiger partial charge on any atom is 0.254 e. The van der Waals surface area contributed by atoms with Crippen LogP contribution in [0.3, 0.4) is 0 Å². The number of benzene rings is 1. The number of fused-ring (bicyclic) bond motifs is 1. The van der Waals surface area contributed by atoms with Crippen molar-refractivity contribution in [2.75, 3.05) is 4.90 Å². The number of carbonyl (C=O) groups is 2. The molecule has 2 amide bonds. The third-order valence-corrected chi connectivity index (χ3v) is 3.79. The second kappa shape index (κ2) is 3.90. The Kier molecular flexibility index (Phi) is 2.44. The van der Waals surface area contributed by atoms with Crippen LogP contribution in [-0.2, 0) is 22.6 Å². The zero-order valence-electron chi connectivity index (χ0n) is 10.3. The molecule has 0 spiro atoms. The van der Waals surface area contributed by atoms with Gasteiger partial charge in [0.25, 0.3) is 5.91 Å². The summed E-state index contributed by atoms with van der Waals surface area (Å²) in [6, 6.07) is 7.45. The number of imide groups is 1. The summed E-state index contributed by atoms with van der Waals surface area (Å²) in [6.07, 6.45) is 1.29. The second-order valence-electron chi connectivity index (χ2n) is 5.07. The van der Waals surface area contributed by atoms with Gasteiger partial charge in [-0.1, -0.05) is 12.1 Å². The summed E-state index contributed by atoms with van der Waals surface area (Å²) in [5.41, 5.74) is 6.95. The van der Waals surface area contributed by atoms with Gasteiger partial charge in [-0.25, -0.2) is 4.90 Å². The molecule has 1 heterocycles. The second-order valence-corrected chi connectivity index (χ2v) is 5.07. The number of anilines is 1. The highest BCUT2D eigenvalue weighted by atomic mass is 16.2. The minimum absolute atomic E-state index is 0.205. The third kappa shape index (κ3) is 1.65. The van der Waals surface area contributed by atoms with E-state index in [1.54, 1.807) is 6.07 Å². The highest BCUT2D eigenvalue weighted by Gasteiger charge is 2.55. The summed E-state index contributed by atoms with van der Waals surface area (Å²) in [7, 11) is 0. The largest absolute Gasteiger partial charge is 0.326 e. The van der Waals surface area contributed by atoms with Gasteiger partial charge in [-0.05, 0) is 30.0 Å². The Labute approximate surface area is 110 Å². The number of hydrogen-bond donors (Lipinski definition) is 1.